The second-order valence-corrected chi connectivity index (χ2v) is 9.73. The Bertz CT molecular complexity index is 751. The molecule has 0 radical (unpaired) electrons. The van der Waals surface area contributed by atoms with Crippen molar-refractivity contribution in [3.63, 3.8) is 0 Å². The predicted molar refractivity (Wildman–Crippen MR) is 112 cm³/mol. The van der Waals surface area contributed by atoms with Crippen LogP contribution in [0.1, 0.15) is 13.3 Å². The Morgan fingerprint density at radius 3 is 2.71 bits per heavy atom. The third kappa shape index (κ3) is 3.76. The van der Waals surface area contributed by atoms with Gasteiger partial charge in [0.2, 0.25) is 0 Å². The molecule has 0 fully saturated rings. The van der Waals surface area contributed by atoms with Crippen LogP contribution < -0.4 is 5.30 Å². The van der Waals surface area contributed by atoms with Crippen LogP contribution >= 0.6 is 7.26 Å². The van der Waals surface area contributed by atoms with Crippen LogP contribution in [0.2, 0.25) is 0 Å². The average molecular weight is 332 g/mol. The SMILES string of the molecule is C#C/C=C\C(=C/C)[PH](CC=C)(C1=CC=CC=CC1)c1ccccc1. The van der Waals surface area contributed by atoms with Gasteiger partial charge in [-0.15, -0.1) is 0 Å². The van der Waals surface area contributed by atoms with Gasteiger partial charge in [-0.2, -0.15) is 0 Å². The summed E-state index contributed by atoms with van der Waals surface area (Å²) < 4.78 is 0. The topological polar surface area (TPSA) is 0 Å². The zero-order chi connectivity index (χ0) is 17.3. The maximum absolute atomic E-state index is 5.49. The van der Waals surface area contributed by atoms with Crippen molar-refractivity contribution >= 4 is 12.6 Å². The quantitative estimate of drug-likeness (QED) is 0.270. The molecule has 0 aliphatic heterocycles. The molecule has 1 aliphatic rings. The van der Waals surface area contributed by atoms with Gasteiger partial charge in [-0.05, 0) is 0 Å². The van der Waals surface area contributed by atoms with Crippen LogP contribution in [-0.2, 0) is 0 Å². The third-order valence-electron chi connectivity index (χ3n) is 4.42. The molecular weight excluding hydrogens is 307 g/mol. The molecule has 0 saturated heterocycles. The van der Waals surface area contributed by atoms with Crippen molar-refractivity contribution in [2.24, 2.45) is 0 Å². The number of benzene rings is 1. The van der Waals surface area contributed by atoms with Crippen molar-refractivity contribution in [2.45, 2.75) is 13.3 Å². The van der Waals surface area contributed by atoms with Crippen LogP contribution in [0.5, 0.6) is 0 Å². The maximum atomic E-state index is 5.49. The molecular formula is C23H25P. The summed E-state index contributed by atoms with van der Waals surface area (Å²) in [6.07, 6.45) is 26.5. The molecule has 0 atom stereocenters. The first-order valence-corrected chi connectivity index (χ1v) is 10.5. The first-order chi connectivity index (χ1) is 11.8. The van der Waals surface area contributed by atoms with Gasteiger partial charge >= 0.3 is 147 Å². The van der Waals surface area contributed by atoms with Crippen molar-refractivity contribution in [3.05, 3.63) is 102 Å². The minimum absolute atomic E-state index is 0.957. The van der Waals surface area contributed by atoms with Crippen LogP contribution in [0.4, 0.5) is 0 Å². The summed E-state index contributed by atoms with van der Waals surface area (Å²) in [5.74, 6) is 2.64. The van der Waals surface area contributed by atoms with E-state index in [1.54, 1.807) is 0 Å². The second kappa shape index (κ2) is 9.07. The van der Waals surface area contributed by atoms with Crippen LogP contribution in [0, 0.1) is 12.3 Å². The Kier molecular flexibility index (Phi) is 6.80. The van der Waals surface area contributed by atoms with E-state index in [0.717, 1.165) is 12.6 Å². The zero-order valence-corrected chi connectivity index (χ0v) is 15.3. The molecule has 0 unspecified atom stereocenters. The van der Waals surface area contributed by atoms with E-state index in [-0.39, 0.29) is 0 Å². The average Bonchev–Trinajstić information content (AvgIpc) is 2.91. The number of allylic oxidation sites excluding steroid dienone is 11. The number of hydrogen-bond donors (Lipinski definition) is 0. The Hall–Kier alpha value is -2.35. The summed E-state index contributed by atoms with van der Waals surface area (Å²) in [6, 6.07) is 10.8. The van der Waals surface area contributed by atoms with Crippen molar-refractivity contribution < 1.29 is 0 Å². The molecule has 0 N–H and O–H groups in total. The Morgan fingerprint density at radius 1 is 1.25 bits per heavy atom. The minimum atomic E-state index is -2.15. The van der Waals surface area contributed by atoms with Crippen LogP contribution in [0.3, 0.4) is 0 Å². The normalized spacial score (nSPS) is 15.7. The summed E-state index contributed by atoms with van der Waals surface area (Å²) in [6.45, 7) is 6.17. The van der Waals surface area contributed by atoms with Gasteiger partial charge in [0.25, 0.3) is 0 Å². The fourth-order valence-corrected chi connectivity index (χ4v) is 8.07. The van der Waals surface area contributed by atoms with Gasteiger partial charge in [-0.1, -0.05) is 0 Å². The first kappa shape index (κ1) is 18.0. The molecule has 1 aromatic carbocycles. The Morgan fingerprint density at radius 2 is 2.04 bits per heavy atom. The summed E-state index contributed by atoms with van der Waals surface area (Å²) in [5.41, 5.74) is 0. The van der Waals surface area contributed by atoms with Crippen molar-refractivity contribution in [3.8, 4) is 12.3 Å². The molecule has 0 spiro atoms. The summed E-state index contributed by atoms with van der Waals surface area (Å²) in [7, 11) is -2.15. The van der Waals surface area contributed by atoms with E-state index in [4.69, 9.17) is 6.42 Å². The van der Waals surface area contributed by atoms with Gasteiger partial charge in [-0.25, -0.2) is 0 Å². The fraction of sp³-hybridized carbons (Fsp3) is 0.130. The molecule has 0 heterocycles. The molecule has 0 bridgehead atoms. The fourth-order valence-electron chi connectivity index (χ4n) is 3.36. The summed E-state index contributed by atoms with van der Waals surface area (Å²) >= 11 is 0. The van der Waals surface area contributed by atoms with E-state index in [1.165, 1.54) is 15.9 Å². The van der Waals surface area contributed by atoms with E-state index < -0.39 is 7.26 Å². The van der Waals surface area contributed by atoms with Crippen molar-refractivity contribution in [1.29, 1.82) is 0 Å². The molecule has 1 heteroatoms. The summed E-state index contributed by atoms with van der Waals surface area (Å²) in [5, 5.41) is 4.21. The van der Waals surface area contributed by atoms with Gasteiger partial charge in [0.1, 0.15) is 0 Å². The first-order valence-electron chi connectivity index (χ1n) is 8.28. The standard InChI is InChI=1S/C23H25P/c1-4-7-15-21(6-3)24(20-5-2,23-18-13-10-14-19-23)22-16-11-8-9-12-17-22/h1,5-16,18-19,24H,2,17,20H2,3H3/b15-7-,21-6+. The molecule has 0 aromatic heterocycles. The van der Waals surface area contributed by atoms with E-state index in [0.29, 0.717) is 0 Å². The Labute approximate surface area is 147 Å². The molecule has 0 nitrogen and oxygen atoms in total. The number of hydrogen-bond acceptors (Lipinski definition) is 0. The van der Waals surface area contributed by atoms with Crippen molar-refractivity contribution in [1.82, 2.24) is 0 Å². The Balaban J connectivity index is 2.75. The molecule has 24 heavy (non-hydrogen) atoms. The van der Waals surface area contributed by atoms with Gasteiger partial charge in [-0.3, -0.25) is 0 Å². The summed E-state index contributed by atoms with van der Waals surface area (Å²) in [4.78, 5) is 0. The van der Waals surface area contributed by atoms with Crippen LogP contribution in [-0.4, -0.2) is 6.16 Å². The molecule has 0 saturated carbocycles. The van der Waals surface area contributed by atoms with E-state index >= 15 is 0 Å². The van der Waals surface area contributed by atoms with Gasteiger partial charge < -0.3 is 0 Å². The third-order valence-corrected chi connectivity index (χ3v) is 9.55. The van der Waals surface area contributed by atoms with E-state index in [2.05, 4.69) is 98.4 Å². The van der Waals surface area contributed by atoms with Gasteiger partial charge in [0.15, 0.2) is 0 Å². The second-order valence-electron chi connectivity index (χ2n) is 5.72. The van der Waals surface area contributed by atoms with Gasteiger partial charge in [0.05, 0.1) is 0 Å². The van der Waals surface area contributed by atoms with Gasteiger partial charge in [0, 0.05) is 0 Å². The van der Waals surface area contributed by atoms with E-state index in [9.17, 15) is 0 Å². The molecule has 1 aliphatic carbocycles. The molecule has 1 aromatic rings. The predicted octanol–water partition coefficient (Wildman–Crippen LogP) is 5.74. The molecule has 2 rings (SSSR count). The molecule has 0 amide bonds. The molecule has 122 valence electrons. The zero-order valence-electron chi connectivity index (χ0n) is 14.3. The monoisotopic (exact) mass is 332 g/mol. The van der Waals surface area contributed by atoms with E-state index in [1.807, 2.05) is 6.08 Å². The van der Waals surface area contributed by atoms with Crippen molar-refractivity contribution in [2.75, 3.05) is 6.16 Å². The van der Waals surface area contributed by atoms with Crippen LogP contribution in [0.25, 0.3) is 0 Å². The number of rotatable bonds is 6. The van der Waals surface area contributed by atoms with Crippen LogP contribution in [0.15, 0.2) is 102 Å². The number of terminal acetylenes is 1.